The number of anilines is 1. The fraction of sp³-hybridized carbons (Fsp3) is 0.364. The Kier molecular flexibility index (Phi) is 5.10. The van der Waals surface area contributed by atoms with E-state index in [1.165, 1.54) is 5.69 Å². The van der Waals surface area contributed by atoms with Gasteiger partial charge in [-0.25, -0.2) is 0 Å². The lowest BCUT2D eigenvalue weighted by molar-refractivity contribution is -0.152. The highest BCUT2D eigenvalue weighted by Gasteiger charge is 2.37. The lowest BCUT2D eigenvalue weighted by atomic mass is 10.2. The van der Waals surface area contributed by atoms with E-state index in [2.05, 4.69) is 17.0 Å². The largest absolute Gasteiger partial charge is 0.368 e. The zero-order chi connectivity index (χ0) is 18.6. The molecule has 2 aromatic carbocycles. The molecule has 5 nitrogen and oxygen atoms in total. The second kappa shape index (κ2) is 7.82. The van der Waals surface area contributed by atoms with Gasteiger partial charge in [-0.2, -0.15) is 0 Å². The quantitative estimate of drug-likeness (QED) is 0.784. The molecule has 2 amide bonds. The maximum Gasteiger partial charge on any atom is 0.312 e. The summed E-state index contributed by atoms with van der Waals surface area (Å²) < 4.78 is 0. The summed E-state index contributed by atoms with van der Waals surface area (Å²) in [6, 6.07) is 20.3. The van der Waals surface area contributed by atoms with Gasteiger partial charge < -0.3 is 14.7 Å². The molecule has 0 bridgehead atoms. The minimum atomic E-state index is -0.356. The van der Waals surface area contributed by atoms with Crippen LogP contribution >= 0.6 is 0 Å². The van der Waals surface area contributed by atoms with E-state index in [1.807, 2.05) is 48.5 Å². The highest BCUT2D eigenvalue weighted by atomic mass is 16.2. The van der Waals surface area contributed by atoms with Crippen LogP contribution in [-0.2, 0) is 16.1 Å². The molecule has 4 rings (SSSR count). The number of carbonyl (C=O) groups is 2. The number of nitrogens with zero attached hydrogens (tertiary/aromatic N) is 3. The minimum Gasteiger partial charge on any atom is -0.368 e. The molecule has 1 aliphatic heterocycles. The standard InChI is InChI=1S/C22H25N3O2/c26-21(24-15-13-23(14-16-24)19-9-5-2-6-10-19)22(27)25(20-11-12-20)17-18-7-3-1-4-8-18/h1-10,20H,11-17H2. The number of carbonyl (C=O) groups excluding carboxylic acids is 2. The molecular formula is C22H25N3O2. The Morgan fingerprint density at radius 3 is 2.04 bits per heavy atom. The number of piperazine rings is 1. The van der Waals surface area contributed by atoms with Crippen LogP contribution in [0.4, 0.5) is 5.69 Å². The van der Waals surface area contributed by atoms with E-state index in [0.717, 1.165) is 31.5 Å². The fourth-order valence-electron chi connectivity index (χ4n) is 3.60. The van der Waals surface area contributed by atoms with E-state index in [0.29, 0.717) is 19.6 Å². The lowest BCUT2D eigenvalue weighted by Crippen LogP contribution is -2.53. The third-order valence-electron chi connectivity index (χ3n) is 5.32. The van der Waals surface area contributed by atoms with E-state index in [4.69, 9.17) is 0 Å². The van der Waals surface area contributed by atoms with Crippen molar-refractivity contribution in [3.05, 3.63) is 66.2 Å². The van der Waals surface area contributed by atoms with Crippen LogP contribution in [0.5, 0.6) is 0 Å². The average molecular weight is 363 g/mol. The summed E-state index contributed by atoms with van der Waals surface area (Å²) in [6.07, 6.45) is 1.99. The molecule has 140 valence electrons. The van der Waals surface area contributed by atoms with E-state index in [1.54, 1.807) is 9.80 Å². The monoisotopic (exact) mass is 363 g/mol. The summed E-state index contributed by atoms with van der Waals surface area (Å²) in [7, 11) is 0. The van der Waals surface area contributed by atoms with Crippen molar-refractivity contribution < 1.29 is 9.59 Å². The maximum atomic E-state index is 12.9. The third-order valence-corrected chi connectivity index (χ3v) is 5.32. The molecule has 0 spiro atoms. The van der Waals surface area contributed by atoms with Crippen LogP contribution < -0.4 is 4.90 Å². The predicted molar refractivity (Wildman–Crippen MR) is 105 cm³/mol. The van der Waals surface area contributed by atoms with Crippen molar-refractivity contribution in [1.82, 2.24) is 9.80 Å². The van der Waals surface area contributed by atoms with Crippen molar-refractivity contribution >= 4 is 17.5 Å². The van der Waals surface area contributed by atoms with Crippen LogP contribution in [0.1, 0.15) is 18.4 Å². The van der Waals surface area contributed by atoms with Gasteiger partial charge in [0.2, 0.25) is 0 Å². The van der Waals surface area contributed by atoms with Gasteiger partial charge in [0.1, 0.15) is 0 Å². The highest BCUT2D eigenvalue weighted by molar-refractivity contribution is 6.35. The number of benzene rings is 2. The van der Waals surface area contributed by atoms with Crippen LogP contribution in [0.2, 0.25) is 0 Å². The minimum absolute atomic E-state index is 0.215. The Morgan fingerprint density at radius 1 is 0.852 bits per heavy atom. The first-order chi connectivity index (χ1) is 13.2. The Labute approximate surface area is 160 Å². The number of rotatable bonds is 4. The van der Waals surface area contributed by atoms with Crippen LogP contribution in [0.15, 0.2) is 60.7 Å². The number of hydrogen-bond acceptors (Lipinski definition) is 3. The summed E-state index contributed by atoms with van der Waals surface area (Å²) in [5.41, 5.74) is 2.24. The topological polar surface area (TPSA) is 43.9 Å². The summed E-state index contributed by atoms with van der Waals surface area (Å²) in [5.74, 6) is -0.708. The fourth-order valence-corrected chi connectivity index (χ4v) is 3.60. The normalized spacial score (nSPS) is 16.9. The number of hydrogen-bond donors (Lipinski definition) is 0. The molecule has 2 aliphatic rings. The molecule has 1 saturated carbocycles. The SMILES string of the molecule is O=C(C(=O)N(Cc1ccccc1)C1CC1)N1CCN(c2ccccc2)CC1. The Bertz CT molecular complexity index is 782. The Hall–Kier alpha value is -2.82. The molecule has 0 atom stereocenters. The smallest absolute Gasteiger partial charge is 0.312 e. The summed E-state index contributed by atoms with van der Waals surface area (Å²) in [4.78, 5) is 31.5. The Morgan fingerprint density at radius 2 is 1.44 bits per heavy atom. The van der Waals surface area contributed by atoms with Crippen LogP contribution in [0, 0.1) is 0 Å². The molecule has 5 heteroatoms. The molecule has 0 radical (unpaired) electrons. The summed E-state index contributed by atoms with van der Waals surface area (Å²) >= 11 is 0. The molecule has 1 aliphatic carbocycles. The van der Waals surface area contributed by atoms with Gasteiger partial charge in [-0.05, 0) is 30.5 Å². The average Bonchev–Trinajstić information content (AvgIpc) is 3.58. The van der Waals surface area contributed by atoms with Crippen LogP contribution in [-0.4, -0.2) is 53.8 Å². The summed E-state index contributed by atoms with van der Waals surface area (Å²) in [5, 5.41) is 0. The van der Waals surface area contributed by atoms with Crippen LogP contribution in [0.3, 0.4) is 0 Å². The van der Waals surface area contributed by atoms with Crippen molar-refractivity contribution in [2.24, 2.45) is 0 Å². The van der Waals surface area contributed by atoms with Gasteiger partial charge in [-0.15, -0.1) is 0 Å². The first-order valence-corrected chi connectivity index (χ1v) is 9.66. The van der Waals surface area contributed by atoms with Crippen molar-refractivity contribution in [3.63, 3.8) is 0 Å². The van der Waals surface area contributed by atoms with Gasteiger partial charge in [0, 0.05) is 44.5 Å². The first kappa shape index (κ1) is 17.6. The van der Waals surface area contributed by atoms with E-state index in [9.17, 15) is 9.59 Å². The van der Waals surface area contributed by atoms with E-state index in [-0.39, 0.29) is 17.9 Å². The van der Waals surface area contributed by atoms with Crippen molar-refractivity contribution in [3.8, 4) is 0 Å². The second-order valence-electron chi connectivity index (χ2n) is 7.26. The highest BCUT2D eigenvalue weighted by Crippen LogP contribution is 2.29. The predicted octanol–water partition coefficient (Wildman–Crippen LogP) is 2.53. The molecule has 0 aromatic heterocycles. The molecule has 0 unspecified atom stereocenters. The molecule has 27 heavy (non-hydrogen) atoms. The van der Waals surface area contributed by atoms with Gasteiger partial charge in [0.05, 0.1) is 0 Å². The zero-order valence-corrected chi connectivity index (χ0v) is 15.5. The lowest BCUT2D eigenvalue weighted by Gasteiger charge is -2.36. The zero-order valence-electron chi connectivity index (χ0n) is 15.5. The molecule has 0 N–H and O–H groups in total. The molecule has 1 saturated heterocycles. The first-order valence-electron chi connectivity index (χ1n) is 9.66. The van der Waals surface area contributed by atoms with E-state index < -0.39 is 0 Å². The summed E-state index contributed by atoms with van der Waals surface area (Å²) in [6.45, 7) is 3.20. The molecule has 2 aromatic rings. The molecule has 2 fully saturated rings. The number of para-hydroxylation sites is 1. The van der Waals surface area contributed by atoms with Gasteiger partial charge in [-0.3, -0.25) is 9.59 Å². The molecular weight excluding hydrogens is 338 g/mol. The van der Waals surface area contributed by atoms with Crippen molar-refractivity contribution in [2.45, 2.75) is 25.4 Å². The second-order valence-corrected chi connectivity index (χ2v) is 7.26. The Balaban J connectivity index is 1.37. The maximum absolute atomic E-state index is 12.9. The van der Waals surface area contributed by atoms with Crippen molar-refractivity contribution in [1.29, 1.82) is 0 Å². The van der Waals surface area contributed by atoms with Gasteiger partial charge >= 0.3 is 11.8 Å². The van der Waals surface area contributed by atoms with E-state index >= 15 is 0 Å². The third kappa shape index (κ3) is 4.13. The van der Waals surface area contributed by atoms with Gasteiger partial charge in [0.15, 0.2) is 0 Å². The molecule has 1 heterocycles. The van der Waals surface area contributed by atoms with Gasteiger partial charge in [-0.1, -0.05) is 48.5 Å². The van der Waals surface area contributed by atoms with Gasteiger partial charge in [0.25, 0.3) is 0 Å². The van der Waals surface area contributed by atoms with Crippen molar-refractivity contribution in [2.75, 3.05) is 31.1 Å². The number of amides is 2. The van der Waals surface area contributed by atoms with Crippen LogP contribution in [0.25, 0.3) is 0 Å².